The molecule has 3 heterocycles. The quantitative estimate of drug-likeness (QED) is 0.731. The van der Waals surface area contributed by atoms with Crippen molar-refractivity contribution in [1.82, 2.24) is 9.47 Å². The van der Waals surface area contributed by atoms with Gasteiger partial charge < -0.3 is 24.2 Å². The molecule has 1 N–H and O–H groups in total. The number of benzene rings is 1. The molecule has 2 atom stereocenters. The van der Waals surface area contributed by atoms with Crippen LogP contribution in [-0.2, 0) is 6.61 Å². The van der Waals surface area contributed by atoms with Crippen molar-refractivity contribution in [3.63, 3.8) is 0 Å². The normalized spacial score (nSPS) is 21.8. The summed E-state index contributed by atoms with van der Waals surface area (Å²) >= 11 is 0. The monoisotopic (exact) mass is 417 g/mol. The van der Waals surface area contributed by atoms with E-state index in [0.717, 1.165) is 38.8 Å². The van der Waals surface area contributed by atoms with Crippen LogP contribution >= 0.6 is 0 Å². The number of ether oxygens (including phenoxy) is 1. The van der Waals surface area contributed by atoms with Gasteiger partial charge in [-0.15, -0.1) is 0 Å². The third-order valence-electron chi connectivity index (χ3n) is 6.60. The second-order valence-corrected chi connectivity index (χ2v) is 8.66. The van der Waals surface area contributed by atoms with Gasteiger partial charge in [-0.25, -0.2) is 4.39 Å². The van der Waals surface area contributed by atoms with Crippen molar-refractivity contribution >= 4 is 16.6 Å². The molecule has 2 aliphatic heterocycles. The van der Waals surface area contributed by atoms with Crippen molar-refractivity contribution in [3.8, 4) is 5.75 Å². The molecular formula is C23H32FN3O3. The second-order valence-electron chi connectivity index (χ2n) is 8.66. The molecule has 1 aromatic heterocycles. The number of rotatable bonds is 6. The van der Waals surface area contributed by atoms with Gasteiger partial charge in [0.1, 0.15) is 11.8 Å². The van der Waals surface area contributed by atoms with Crippen LogP contribution in [-0.4, -0.2) is 53.9 Å². The lowest BCUT2D eigenvalue weighted by atomic mass is 9.99. The fourth-order valence-corrected chi connectivity index (χ4v) is 4.69. The van der Waals surface area contributed by atoms with E-state index < -0.39 is 5.82 Å². The molecule has 1 saturated heterocycles. The van der Waals surface area contributed by atoms with Gasteiger partial charge in [0.25, 0.3) is 0 Å². The minimum Gasteiger partial charge on any atom is -0.484 e. The van der Waals surface area contributed by atoms with Crippen LogP contribution in [0.5, 0.6) is 5.75 Å². The first kappa shape index (κ1) is 21.1. The molecular weight excluding hydrogens is 385 g/mol. The third-order valence-corrected chi connectivity index (χ3v) is 6.60. The molecule has 0 radical (unpaired) electrons. The van der Waals surface area contributed by atoms with Crippen molar-refractivity contribution < 1.29 is 14.2 Å². The summed E-state index contributed by atoms with van der Waals surface area (Å²) in [5, 5.41) is 10.00. The van der Waals surface area contributed by atoms with E-state index in [-0.39, 0.29) is 29.6 Å². The predicted octanol–water partition coefficient (Wildman–Crippen LogP) is 3.29. The summed E-state index contributed by atoms with van der Waals surface area (Å²) in [6.45, 7) is 7.01. The Morgan fingerprint density at radius 1 is 1.23 bits per heavy atom. The zero-order valence-corrected chi connectivity index (χ0v) is 18.2. The number of aliphatic hydroxyl groups is 1. The van der Waals surface area contributed by atoms with Crippen molar-refractivity contribution in [2.45, 2.75) is 58.3 Å². The highest BCUT2D eigenvalue weighted by molar-refractivity contribution is 5.92. The Hall–Kier alpha value is -2.12. The van der Waals surface area contributed by atoms with E-state index in [1.54, 1.807) is 6.20 Å². The van der Waals surface area contributed by atoms with Gasteiger partial charge in [0.05, 0.1) is 23.6 Å². The minimum absolute atomic E-state index is 0.00597. The number of aliphatic hydroxyl groups excluding tert-OH is 1. The molecule has 1 fully saturated rings. The maximum atomic E-state index is 15.4. The van der Waals surface area contributed by atoms with Gasteiger partial charge in [-0.3, -0.25) is 4.79 Å². The topological polar surface area (TPSA) is 57.9 Å². The number of piperazine rings is 1. The van der Waals surface area contributed by atoms with Gasteiger partial charge >= 0.3 is 0 Å². The molecule has 4 rings (SSSR count). The summed E-state index contributed by atoms with van der Waals surface area (Å²) in [5.41, 5.74) is 1.08. The van der Waals surface area contributed by atoms with Crippen LogP contribution in [0.2, 0.25) is 0 Å². The van der Waals surface area contributed by atoms with E-state index in [4.69, 9.17) is 4.74 Å². The van der Waals surface area contributed by atoms with Crippen LogP contribution in [0.4, 0.5) is 10.1 Å². The highest BCUT2D eigenvalue weighted by atomic mass is 19.1. The van der Waals surface area contributed by atoms with Crippen LogP contribution in [0.25, 0.3) is 10.9 Å². The summed E-state index contributed by atoms with van der Waals surface area (Å²) in [7, 11) is 2.06. The standard InChI is InChI=1S/C23H32FN3O3/c1-4-5-6-7-19-15(2)27-13-16(14-28)22(29)17-12-18(24)21(23(30-19)20(17)27)26-10-8-25(3)9-11-26/h12-13,15,19,28H,4-11,14H2,1-3H3. The number of pyridine rings is 1. The molecule has 0 aliphatic carbocycles. The summed E-state index contributed by atoms with van der Waals surface area (Å²) in [4.78, 5) is 17.1. The Labute approximate surface area is 176 Å². The maximum Gasteiger partial charge on any atom is 0.195 e. The number of nitrogens with zero attached hydrogens (tertiary/aromatic N) is 3. The number of anilines is 1. The molecule has 0 saturated carbocycles. The van der Waals surface area contributed by atoms with Crippen molar-refractivity contribution in [3.05, 3.63) is 33.9 Å². The lowest BCUT2D eigenvalue weighted by Gasteiger charge is -2.39. The van der Waals surface area contributed by atoms with E-state index >= 15 is 4.39 Å². The van der Waals surface area contributed by atoms with Gasteiger partial charge in [0.15, 0.2) is 17.0 Å². The van der Waals surface area contributed by atoms with Gasteiger partial charge in [0, 0.05) is 37.9 Å². The Kier molecular flexibility index (Phi) is 6.02. The number of unbranched alkanes of at least 4 members (excludes halogenated alkanes) is 2. The van der Waals surface area contributed by atoms with Crippen molar-refractivity contribution in [2.75, 3.05) is 38.1 Å². The maximum absolute atomic E-state index is 15.4. The molecule has 30 heavy (non-hydrogen) atoms. The van der Waals surface area contributed by atoms with Crippen LogP contribution in [0, 0.1) is 5.82 Å². The van der Waals surface area contributed by atoms with Crippen LogP contribution in [0.3, 0.4) is 0 Å². The highest BCUT2D eigenvalue weighted by Crippen LogP contribution is 2.44. The summed E-state index contributed by atoms with van der Waals surface area (Å²) in [6.07, 6.45) is 5.78. The number of likely N-dealkylation sites (N-methyl/N-ethyl adjacent to an activating group) is 1. The largest absolute Gasteiger partial charge is 0.484 e. The summed E-state index contributed by atoms with van der Waals surface area (Å²) in [5.74, 6) is 0.0541. The average molecular weight is 418 g/mol. The Bertz CT molecular complexity index is 982. The summed E-state index contributed by atoms with van der Waals surface area (Å²) in [6, 6.07) is 1.33. The lowest BCUT2D eigenvalue weighted by Crippen LogP contribution is -2.45. The third kappa shape index (κ3) is 3.58. The average Bonchev–Trinajstić information content (AvgIpc) is 2.73. The number of aromatic nitrogens is 1. The van der Waals surface area contributed by atoms with E-state index in [9.17, 15) is 9.90 Å². The van der Waals surface area contributed by atoms with Gasteiger partial charge in [-0.2, -0.15) is 0 Å². The SMILES string of the molecule is CCCCCC1Oc2c(N3CCN(C)CC3)c(F)cc3c(=O)c(CO)cn(c23)C1C. The first-order valence-corrected chi connectivity index (χ1v) is 11.1. The fourth-order valence-electron chi connectivity index (χ4n) is 4.69. The highest BCUT2D eigenvalue weighted by Gasteiger charge is 2.34. The predicted molar refractivity (Wildman–Crippen MR) is 117 cm³/mol. The van der Waals surface area contributed by atoms with Crippen LogP contribution < -0.4 is 15.1 Å². The molecule has 6 nitrogen and oxygen atoms in total. The fraction of sp³-hybridized carbons (Fsp3) is 0.609. The van der Waals surface area contributed by atoms with Gasteiger partial charge in [-0.05, 0) is 32.9 Å². The summed E-state index contributed by atoms with van der Waals surface area (Å²) < 4.78 is 23.9. The van der Waals surface area contributed by atoms with Gasteiger partial charge in [0.2, 0.25) is 0 Å². The smallest absolute Gasteiger partial charge is 0.195 e. The molecule has 2 unspecified atom stereocenters. The van der Waals surface area contributed by atoms with Crippen molar-refractivity contribution in [2.24, 2.45) is 0 Å². The molecule has 7 heteroatoms. The number of hydrogen-bond donors (Lipinski definition) is 1. The van der Waals surface area contributed by atoms with E-state index in [1.807, 2.05) is 9.47 Å². The molecule has 1 aromatic carbocycles. The zero-order valence-electron chi connectivity index (χ0n) is 18.2. The van der Waals surface area contributed by atoms with E-state index in [1.165, 1.54) is 6.07 Å². The van der Waals surface area contributed by atoms with Crippen molar-refractivity contribution in [1.29, 1.82) is 0 Å². The van der Waals surface area contributed by atoms with Crippen LogP contribution in [0.15, 0.2) is 17.1 Å². The molecule has 0 spiro atoms. The Morgan fingerprint density at radius 2 is 1.97 bits per heavy atom. The minimum atomic E-state index is -0.428. The Morgan fingerprint density at radius 3 is 2.63 bits per heavy atom. The van der Waals surface area contributed by atoms with E-state index in [2.05, 4.69) is 25.8 Å². The molecule has 2 aliphatic rings. The molecule has 0 amide bonds. The number of hydrogen-bond acceptors (Lipinski definition) is 5. The molecule has 164 valence electrons. The van der Waals surface area contributed by atoms with Gasteiger partial charge in [-0.1, -0.05) is 19.8 Å². The van der Waals surface area contributed by atoms with Crippen LogP contribution in [0.1, 0.15) is 51.1 Å². The lowest BCUT2D eigenvalue weighted by molar-refractivity contribution is 0.123. The Balaban J connectivity index is 1.89. The van der Waals surface area contributed by atoms with E-state index in [0.29, 0.717) is 35.6 Å². The number of halogens is 1. The zero-order chi connectivity index (χ0) is 21.4. The second kappa shape index (κ2) is 8.55. The first-order valence-electron chi connectivity index (χ1n) is 11.1. The molecule has 0 bridgehead atoms. The first-order chi connectivity index (χ1) is 14.5. The molecule has 2 aromatic rings.